The molecule has 4 rings (SSSR count). The van der Waals surface area contributed by atoms with Crippen molar-refractivity contribution in [2.45, 2.75) is 19.4 Å². The fraction of sp³-hybridized carbons (Fsp3) is 0.273. The van der Waals surface area contributed by atoms with Crippen LogP contribution in [0.25, 0.3) is 10.9 Å². The van der Waals surface area contributed by atoms with Crippen molar-refractivity contribution in [1.29, 1.82) is 0 Å². The van der Waals surface area contributed by atoms with Crippen LogP contribution in [-0.4, -0.2) is 41.5 Å². The Hall–Kier alpha value is -2.50. The molecule has 1 atom stereocenters. The van der Waals surface area contributed by atoms with Gasteiger partial charge in [0.1, 0.15) is 0 Å². The lowest BCUT2D eigenvalue weighted by Crippen LogP contribution is -2.55. The van der Waals surface area contributed by atoms with Crippen molar-refractivity contribution >= 4 is 45.7 Å². The van der Waals surface area contributed by atoms with Gasteiger partial charge in [0.05, 0.1) is 15.6 Å². The SMILES string of the molecule is CCC1CN(c2ccc(Cl)c(Cl)c2)CCN1C(=O)c1cc(=O)[nH]c2ccccc12. The van der Waals surface area contributed by atoms with Crippen LogP contribution in [0.3, 0.4) is 0 Å². The summed E-state index contributed by atoms with van der Waals surface area (Å²) in [5.74, 6) is -0.104. The number of carbonyl (C=O) groups is 1. The van der Waals surface area contributed by atoms with Crippen LogP contribution in [0.4, 0.5) is 5.69 Å². The summed E-state index contributed by atoms with van der Waals surface area (Å²) in [7, 11) is 0. The molecular weight excluding hydrogens is 409 g/mol. The van der Waals surface area contributed by atoms with Gasteiger partial charge in [-0.25, -0.2) is 0 Å². The third-order valence-electron chi connectivity index (χ3n) is 5.46. The average Bonchev–Trinajstić information content (AvgIpc) is 2.74. The first-order chi connectivity index (χ1) is 14.0. The minimum absolute atomic E-state index is 0.0313. The maximum absolute atomic E-state index is 13.4. The van der Waals surface area contributed by atoms with Gasteiger partial charge in [0.15, 0.2) is 0 Å². The second kappa shape index (κ2) is 8.09. The third-order valence-corrected chi connectivity index (χ3v) is 6.20. The Kier molecular flexibility index (Phi) is 5.52. The number of hydrogen-bond donors (Lipinski definition) is 1. The van der Waals surface area contributed by atoms with E-state index in [2.05, 4.69) is 16.8 Å². The Morgan fingerprint density at radius 2 is 1.90 bits per heavy atom. The molecule has 1 saturated heterocycles. The van der Waals surface area contributed by atoms with E-state index in [1.807, 2.05) is 41.3 Å². The van der Waals surface area contributed by atoms with E-state index in [1.165, 1.54) is 6.07 Å². The number of aromatic amines is 1. The summed E-state index contributed by atoms with van der Waals surface area (Å²) < 4.78 is 0. The number of nitrogens with one attached hydrogen (secondary N) is 1. The molecule has 0 radical (unpaired) electrons. The molecule has 0 saturated carbocycles. The number of para-hydroxylation sites is 1. The van der Waals surface area contributed by atoms with Crippen LogP contribution in [0, 0.1) is 0 Å². The molecule has 7 heteroatoms. The highest BCUT2D eigenvalue weighted by molar-refractivity contribution is 6.42. The van der Waals surface area contributed by atoms with Gasteiger partial charge in [-0.05, 0) is 30.7 Å². The standard InChI is InChI=1S/C22H21Cl2N3O2/c1-2-14-13-26(15-7-8-18(23)19(24)11-15)9-10-27(14)22(29)17-12-21(28)25-20-6-4-3-5-16(17)20/h3-8,11-12,14H,2,9-10,13H2,1H3,(H,25,28). The molecule has 0 bridgehead atoms. The molecule has 150 valence electrons. The summed E-state index contributed by atoms with van der Waals surface area (Å²) in [4.78, 5) is 32.4. The van der Waals surface area contributed by atoms with Gasteiger partial charge >= 0.3 is 0 Å². The van der Waals surface area contributed by atoms with Crippen molar-refractivity contribution in [3.63, 3.8) is 0 Å². The summed E-state index contributed by atoms with van der Waals surface area (Å²) in [6.07, 6.45) is 0.810. The zero-order valence-electron chi connectivity index (χ0n) is 16.0. The van der Waals surface area contributed by atoms with E-state index in [1.54, 1.807) is 6.07 Å². The number of carbonyl (C=O) groups excluding carboxylic acids is 1. The van der Waals surface area contributed by atoms with Gasteiger partial charge in [0.2, 0.25) is 5.56 Å². The van der Waals surface area contributed by atoms with Crippen molar-refractivity contribution < 1.29 is 4.79 Å². The van der Waals surface area contributed by atoms with E-state index in [-0.39, 0.29) is 17.5 Å². The van der Waals surface area contributed by atoms with Crippen LogP contribution >= 0.6 is 23.2 Å². The maximum Gasteiger partial charge on any atom is 0.255 e. The van der Waals surface area contributed by atoms with Gasteiger partial charge in [-0.1, -0.05) is 48.3 Å². The first kappa shape index (κ1) is 19.8. The summed E-state index contributed by atoms with van der Waals surface area (Å²) in [6.45, 7) is 4.01. The molecule has 2 heterocycles. The van der Waals surface area contributed by atoms with Crippen molar-refractivity contribution in [2.75, 3.05) is 24.5 Å². The lowest BCUT2D eigenvalue weighted by atomic mass is 10.0. The number of hydrogen-bond acceptors (Lipinski definition) is 3. The van der Waals surface area contributed by atoms with Crippen LogP contribution in [0.1, 0.15) is 23.7 Å². The van der Waals surface area contributed by atoms with E-state index in [9.17, 15) is 9.59 Å². The number of H-pyrrole nitrogens is 1. The van der Waals surface area contributed by atoms with E-state index in [4.69, 9.17) is 23.2 Å². The second-order valence-corrected chi connectivity index (χ2v) is 8.01. The molecule has 29 heavy (non-hydrogen) atoms. The number of aromatic nitrogens is 1. The molecule has 1 fully saturated rings. The largest absolute Gasteiger partial charge is 0.368 e. The number of anilines is 1. The molecule has 1 amide bonds. The summed E-state index contributed by atoms with van der Waals surface area (Å²) in [6, 6.07) is 14.4. The summed E-state index contributed by atoms with van der Waals surface area (Å²) >= 11 is 12.2. The predicted molar refractivity (Wildman–Crippen MR) is 118 cm³/mol. The molecule has 3 aromatic rings. The maximum atomic E-state index is 13.4. The van der Waals surface area contributed by atoms with Gasteiger partial charge in [-0.3, -0.25) is 9.59 Å². The van der Waals surface area contributed by atoms with E-state index in [0.29, 0.717) is 40.8 Å². The highest BCUT2D eigenvalue weighted by Crippen LogP contribution is 2.29. The van der Waals surface area contributed by atoms with Crippen LogP contribution in [0.5, 0.6) is 0 Å². The topological polar surface area (TPSA) is 56.4 Å². The molecule has 1 aliphatic heterocycles. The number of fused-ring (bicyclic) bond motifs is 1. The average molecular weight is 430 g/mol. The lowest BCUT2D eigenvalue weighted by molar-refractivity contribution is 0.0653. The monoisotopic (exact) mass is 429 g/mol. The zero-order valence-corrected chi connectivity index (χ0v) is 17.5. The number of piperazine rings is 1. The fourth-order valence-corrected chi connectivity index (χ4v) is 4.22. The zero-order chi connectivity index (χ0) is 20.5. The predicted octanol–water partition coefficient (Wildman–Crippen LogP) is 4.58. The number of amides is 1. The highest BCUT2D eigenvalue weighted by atomic mass is 35.5. The first-order valence-corrected chi connectivity index (χ1v) is 10.4. The molecule has 0 aliphatic carbocycles. The number of benzene rings is 2. The Morgan fingerprint density at radius 1 is 1.10 bits per heavy atom. The van der Waals surface area contributed by atoms with Gasteiger partial charge in [0, 0.05) is 48.3 Å². The summed E-state index contributed by atoms with van der Waals surface area (Å²) in [5.41, 5.74) is 1.85. The van der Waals surface area contributed by atoms with Gasteiger partial charge in [-0.2, -0.15) is 0 Å². The Morgan fingerprint density at radius 3 is 2.66 bits per heavy atom. The molecule has 1 aliphatic rings. The van der Waals surface area contributed by atoms with Crippen molar-refractivity contribution in [2.24, 2.45) is 0 Å². The quantitative estimate of drug-likeness (QED) is 0.662. The molecule has 1 aromatic heterocycles. The Bertz CT molecular complexity index is 1130. The van der Waals surface area contributed by atoms with Crippen molar-refractivity contribution in [1.82, 2.24) is 9.88 Å². The van der Waals surface area contributed by atoms with Gasteiger partial charge < -0.3 is 14.8 Å². The number of pyridine rings is 1. The smallest absolute Gasteiger partial charge is 0.255 e. The minimum Gasteiger partial charge on any atom is -0.368 e. The van der Waals surface area contributed by atoms with Crippen molar-refractivity contribution in [3.05, 3.63) is 74.5 Å². The Balaban J connectivity index is 1.62. The van der Waals surface area contributed by atoms with Crippen LogP contribution in [0.15, 0.2) is 53.3 Å². The molecule has 2 aromatic carbocycles. The molecule has 5 nitrogen and oxygen atoms in total. The van der Waals surface area contributed by atoms with Gasteiger partial charge in [-0.15, -0.1) is 0 Å². The molecular formula is C22H21Cl2N3O2. The number of nitrogens with zero attached hydrogens (tertiary/aromatic N) is 2. The van der Waals surface area contributed by atoms with Crippen molar-refractivity contribution in [3.8, 4) is 0 Å². The number of rotatable bonds is 3. The molecule has 0 spiro atoms. The van der Waals surface area contributed by atoms with Crippen LogP contribution < -0.4 is 10.5 Å². The lowest BCUT2D eigenvalue weighted by Gasteiger charge is -2.42. The molecule has 1 N–H and O–H groups in total. The van der Waals surface area contributed by atoms with Gasteiger partial charge in [0.25, 0.3) is 5.91 Å². The Labute approximate surface area is 178 Å². The second-order valence-electron chi connectivity index (χ2n) is 7.20. The van der Waals surface area contributed by atoms with E-state index >= 15 is 0 Å². The number of halogens is 2. The van der Waals surface area contributed by atoms with Crippen LogP contribution in [-0.2, 0) is 0 Å². The fourth-order valence-electron chi connectivity index (χ4n) is 3.92. The molecule has 1 unspecified atom stereocenters. The van der Waals surface area contributed by atoms with E-state index < -0.39 is 0 Å². The normalized spacial score (nSPS) is 17.0. The minimum atomic E-state index is -0.269. The first-order valence-electron chi connectivity index (χ1n) is 9.61. The van der Waals surface area contributed by atoms with E-state index in [0.717, 1.165) is 17.5 Å². The summed E-state index contributed by atoms with van der Waals surface area (Å²) in [5, 5.41) is 1.81. The van der Waals surface area contributed by atoms with Crippen LogP contribution in [0.2, 0.25) is 10.0 Å². The highest BCUT2D eigenvalue weighted by Gasteiger charge is 2.31. The third kappa shape index (κ3) is 3.85.